The van der Waals surface area contributed by atoms with E-state index in [2.05, 4.69) is 38.1 Å². The minimum Gasteiger partial charge on any atom is -0.370 e. The smallest absolute Gasteiger partial charge is 0.165 e. The first kappa shape index (κ1) is 15.5. The zero-order chi connectivity index (χ0) is 15.4. The van der Waals surface area contributed by atoms with Crippen LogP contribution in [0.4, 0.5) is 5.82 Å². The Morgan fingerprint density at radius 2 is 1.81 bits per heavy atom. The fourth-order valence-corrected chi connectivity index (χ4v) is 2.43. The molecule has 0 spiro atoms. The van der Waals surface area contributed by atoms with Gasteiger partial charge in [-0.2, -0.15) is 5.10 Å². The summed E-state index contributed by atoms with van der Waals surface area (Å²) in [5.74, 6) is 1.73. The number of nitrogens with zero attached hydrogens (tertiary/aromatic N) is 4. The Hall–Kier alpha value is -1.91. The summed E-state index contributed by atoms with van der Waals surface area (Å²) in [6, 6.07) is 0. The van der Waals surface area contributed by atoms with Crippen molar-refractivity contribution < 1.29 is 0 Å². The first-order valence-electron chi connectivity index (χ1n) is 7.74. The predicted octanol–water partition coefficient (Wildman–Crippen LogP) is 3.13. The van der Waals surface area contributed by atoms with Gasteiger partial charge in [0.2, 0.25) is 0 Å². The van der Waals surface area contributed by atoms with E-state index >= 15 is 0 Å². The highest BCUT2D eigenvalue weighted by atomic mass is 15.3. The maximum Gasteiger partial charge on any atom is 0.165 e. The topological polar surface area (TPSA) is 55.6 Å². The van der Waals surface area contributed by atoms with Crippen molar-refractivity contribution in [3.05, 3.63) is 23.1 Å². The van der Waals surface area contributed by atoms with Crippen LogP contribution in [0.3, 0.4) is 0 Å². The van der Waals surface area contributed by atoms with Crippen molar-refractivity contribution in [1.29, 1.82) is 0 Å². The van der Waals surface area contributed by atoms with Gasteiger partial charge in [0.25, 0.3) is 0 Å². The Kier molecular flexibility index (Phi) is 4.94. The Bertz CT molecular complexity index is 615. The van der Waals surface area contributed by atoms with Gasteiger partial charge in [-0.1, -0.05) is 20.8 Å². The number of anilines is 1. The molecule has 2 rings (SSSR count). The standard InChI is InChI=1S/C16H25N5/c1-6-9-17-15-11(4)13(7-2)18-16(19-15)12-10-21(5)20-14(12)8-3/h10H,6-9H2,1-5H3,(H,17,18,19). The molecule has 0 fully saturated rings. The Morgan fingerprint density at radius 3 is 2.43 bits per heavy atom. The average molecular weight is 287 g/mol. The van der Waals surface area contributed by atoms with Crippen LogP contribution in [0, 0.1) is 6.92 Å². The lowest BCUT2D eigenvalue weighted by Gasteiger charge is -2.12. The molecule has 2 aromatic rings. The van der Waals surface area contributed by atoms with Gasteiger partial charge >= 0.3 is 0 Å². The third-order valence-electron chi connectivity index (χ3n) is 3.61. The monoisotopic (exact) mass is 287 g/mol. The van der Waals surface area contributed by atoms with Gasteiger partial charge in [-0.15, -0.1) is 0 Å². The zero-order valence-corrected chi connectivity index (χ0v) is 13.7. The molecule has 0 aliphatic rings. The number of hydrogen-bond acceptors (Lipinski definition) is 4. The highest BCUT2D eigenvalue weighted by Gasteiger charge is 2.15. The van der Waals surface area contributed by atoms with Crippen LogP contribution in [0.1, 0.15) is 44.1 Å². The van der Waals surface area contributed by atoms with E-state index in [1.165, 1.54) is 0 Å². The maximum absolute atomic E-state index is 4.75. The molecule has 0 aromatic carbocycles. The summed E-state index contributed by atoms with van der Waals surface area (Å²) in [6.45, 7) is 9.41. The molecule has 0 aliphatic heterocycles. The lowest BCUT2D eigenvalue weighted by molar-refractivity contribution is 0.746. The average Bonchev–Trinajstić information content (AvgIpc) is 2.87. The fraction of sp³-hybridized carbons (Fsp3) is 0.562. The molecule has 114 valence electrons. The quantitative estimate of drug-likeness (QED) is 0.887. The van der Waals surface area contributed by atoms with Gasteiger partial charge in [0.1, 0.15) is 5.82 Å². The van der Waals surface area contributed by atoms with E-state index in [0.717, 1.165) is 60.0 Å². The number of rotatable bonds is 6. The number of aromatic nitrogens is 4. The molecule has 0 atom stereocenters. The molecule has 1 N–H and O–H groups in total. The molecule has 2 aromatic heterocycles. The van der Waals surface area contributed by atoms with Crippen molar-refractivity contribution in [1.82, 2.24) is 19.7 Å². The van der Waals surface area contributed by atoms with E-state index in [1.807, 2.05) is 17.9 Å². The van der Waals surface area contributed by atoms with E-state index in [-0.39, 0.29) is 0 Å². The summed E-state index contributed by atoms with van der Waals surface area (Å²) in [7, 11) is 1.94. The van der Waals surface area contributed by atoms with E-state index < -0.39 is 0 Å². The predicted molar refractivity (Wildman–Crippen MR) is 86.5 cm³/mol. The van der Waals surface area contributed by atoms with Gasteiger partial charge in [-0.25, -0.2) is 9.97 Å². The van der Waals surface area contributed by atoms with E-state index in [9.17, 15) is 0 Å². The van der Waals surface area contributed by atoms with Crippen molar-refractivity contribution in [2.24, 2.45) is 7.05 Å². The van der Waals surface area contributed by atoms with E-state index in [4.69, 9.17) is 9.97 Å². The Balaban J connectivity index is 2.52. The van der Waals surface area contributed by atoms with Gasteiger partial charge in [-0.3, -0.25) is 4.68 Å². The minimum absolute atomic E-state index is 0.779. The zero-order valence-electron chi connectivity index (χ0n) is 13.7. The van der Waals surface area contributed by atoms with Crippen LogP contribution >= 0.6 is 0 Å². The summed E-state index contributed by atoms with van der Waals surface area (Å²) in [4.78, 5) is 9.48. The molecule has 0 radical (unpaired) electrons. The van der Waals surface area contributed by atoms with Crippen LogP contribution in [-0.4, -0.2) is 26.3 Å². The largest absolute Gasteiger partial charge is 0.370 e. The lowest BCUT2D eigenvalue weighted by atomic mass is 10.1. The molecule has 21 heavy (non-hydrogen) atoms. The molecule has 5 heteroatoms. The maximum atomic E-state index is 4.75. The van der Waals surface area contributed by atoms with Crippen molar-refractivity contribution in [3.8, 4) is 11.4 Å². The number of aryl methyl sites for hydroxylation is 3. The van der Waals surface area contributed by atoms with Crippen molar-refractivity contribution in [2.45, 2.75) is 47.0 Å². The molecule has 0 saturated heterocycles. The molecule has 5 nitrogen and oxygen atoms in total. The van der Waals surface area contributed by atoms with Crippen LogP contribution in [0.5, 0.6) is 0 Å². The third kappa shape index (κ3) is 3.23. The molecule has 0 unspecified atom stereocenters. The highest BCUT2D eigenvalue weighted by Crippen LogP contribution is 2.24. The highest BCUT2D eigenvalue weighted by molar-refractivity contribution is 5.61. The van der Waals surface area contributed by atoms with Crippen LogP contribution in [0.2, 0.25) is 0 Å². The Labute approximate surface area is 126 Å². The number of hydrogen-bond donors (Lipinski definition) is 1. The van der Waals surface area contributed by atoms with Gasteiger partial charge in [0, 0.05) is 31.0 Å². The molecule has 0 aliphatic carbocycles. The van der Waals surface area contributed by atoms with Crippen molar-refractivity contribution in [2.75, 3.05) is 11.9 Å². The normalized spacial score (nSPS) is 10.9. The molecule has 0 saturated carbocycles. The van der Waals surface area contributed by atoms with Crippen LogP contribution in [0.25, 0.3) is 11.4 Å². The van der Waals surface area contributed by atoms with E-state index in [1.54, 1.807) is 0 Å². The van der Waals surface area contributed by atoms with Crippen molar-refractivity contribution in [3.63, 3.8) is 0 Å². The first-order chi connectivity index (χ1) is 10.1. The van der Waals surface area contributed by atoms with Crippen LogP contribution in [0.15, 0.2) is 6.20 Å². The van der Waals surface area contributed by atoms with E-state index in [0.29, 0.717) is 0 Å². The minimum atomic E-state index is 0.779. The summed E-state index contributed by atoms with van der Waals surface area (Å²) < 4.78 is 1.84. The third-order valence-corrected chi connectivity index (χ3v) is 3.61. The van der Waals surface area contributed by atoms with Crippen LogP contribution in [-0.2, 0) is 19.9 Å². The fourth-order valence-electron chi connectivity index (χ4n) is 2.43. The molecular weight excluding hydrogens is 262 g/mol. The van der Waals surface area contributed by atoms with Gasteiger partial charge < -0.3 is 5.32 Å². The molecular formula is C16H25N5. The lowest BCUT2D eigenvalue weighted by Crippen LogP contribution is -2.09. The second-order valence-corrected chi connectivity index (χ2v) is 5.26. The summed E-state index contributed by atoms with van der Waals surface area (Å²) in [6.07, 6.45) is 4.87. The van der Waals surface area contributed by atoms with Gasteiger partial charge in [-0.05, 0) is 26.2 Å². The summed E-state index contributed by atoms with van der Waals surface area (Å²) in [5, 5.41) is 7.90. The first-order valence-corrected chi connectivity index (χ1v) is 7.74. The van der Waals surface area contributed by atoms with Crippen LogP contribution < -0.4 is 5.32 Å². The Morgan fingerprint density at radius 1 is 1.10 bits per heavy atom. The summed E-state index contributed by atoms with van der Waals surface area (Å²) in [5.41, 5.74) is 4.33. The summed E-state index contributed by atoms with van der Waals surface area (Å²) >= 11 is 0. The SMILES string of the molecule is CCCNc1nc(-c2cn(C)nc2CC)nc(CC)c1C. The molecule has 0 bridgehead atoms. The van der Waals surface area contributed by atoms with Gasteiger partial charge in [0.15, 0.2) is 5.82 Å². The number of nitrogens with one attached hydrogen (secondary N) is 1. The molecule has 2 heterocycles. The second-order valence-electron chi connectivity index (χ2n) is 5.26. The molecule has 0 amide bonds. The van der Waals surface area contributed by atoms with Crippen molar-refractivity contribution >= 4 is 5.82 Å². The second kappa shape index (κ2) is 6.70. The van der Waals surface area contributed by atoms with Gasteiger partial charge in [0.05, 0.1) is 11.3 Å².